The van der Waals surface area contributed by atoms with E-state index in [9.17, 15) is 0 Å². The Balaban J connectivity index is 1.72. The molecule has 2 aromatic heterocycles. The van der Waals surface area contributed by atoms with E-state index in [0.717, 1.165) is 24.3 Å². The van der Waals surface area contributed by atoms with Gasteiger partial charge >= 0.3 is 0 Å². The molecule has 20 heavy (non-hydrogen) atoms. The van der Waals surface area contributed by atoms with Crippen LogP contribution >= 0.6 is 0 Å². The summed E-state index contributed by atoms with van der Waals surface area (Å²) in [4.78, 5) is 15.9. The summed E-state index contributed by atoms with van der Waals surface area (Å²) in [7, 11) is 0. The Kier molecular flexibility index (Phi) is 2.35. The molecule has 1 aliphatic rings. The zero-order valence-corrected chi connectivity index (χ0v) is 10.8. The highest BCUT2D eigenvalue weighted by molar-refractivity contribution is 5.81. The summed E-state index contributed by atoms with van der Waals surface area (Å²) in [6.45, 7) is 0.851. The molecular weight excluding hydrogens is 252 g/mol. The lowest BCUT2D eigenvalue weighted by Crippen LogP contribution is -2.22. The molecule has 4 rings (SSSR count). The van der Waals surface area contributed by atoms with Gasteiger partial charge in [0.2, 0.25) is 0 Å². The van der Waals surface area contributed by atoms with Gasteiger partial charge in [0.1, 0.15) is 17.7 Å². The fourth-order valence-electron chi connectivity index (χ4n) is 2.69. The second kappa shape index (κ2) is 4.19. The number of rotatable bonds is 1. The average Bonchev–Trinajstić information content (AvgIpc) is 2.92. The molecule has 0 saturated carbocycles. The van der Waals surface area contributed by atoms with Gasteiger partial charge in [-0.05, 0) is 18.1 Å². The number of fused-ring (bicyclic) bond motifs is 2. The van der Waals surface area contributed by atoms with E-state index in [-0.39, 0.29) is 0 Å². The molecule has 1 aliphatic heterocycles. The number of benzene rings is 1. The van der Waals surface area contributed by atoms with E-state index in [4.69, 9.17) is 5.73 Å². The molecule has 0 spiro atoms. The van der Waals surface area contributed by atoms with Gasteiger partial charge in [0.25, 0.3) is 0 Å². The number of nitrogens with two attached hydrogens (primary N) is 1. The van der Waals surface area contributed by atoms with Crippen molar-refractivity contribution in [2.75, 3.05) is 17.6 Å². The zero-order chi connectivity index (χ0) is 13.5. The topological polar surface area (TPSA) is 92.5 Å². The van der Waals surface area contributed by atoms with Gasteiger partial charge < -0.3 is 16.0 Å². The predicted molar refractivity (Wildman–Crippen MR) is 77.5 cm³/mol. The van der Waals surface area contributed by atoms with Crippen LogP contribution < -0.4 is 11.1 Å². The van der Waals surface area contributed by atoms with Gasteiger partial charge in [-0.3, -0.25) is 0 Å². The number of aromatic nitrogens is 4. The van der Waals surface area contributed by atoms with Crippen LogP contribution in [0, 0.1) is 0 Å². The SMILES string of the molecule is Nc1ncnc2nc(C3CNc4ccccc4C3)[nH]c12. The first-order valence-corrected chi connectivity index (χ1v) is 6.59. The molecule has 3 aromatic rings. The van der Waals surface area contributed by atoms with Gasteiger partial charge in [-0.2, -0.15) is 0 Å². The molecule has 1 aromatic carbocycles. The first kappa shape index (κ1) is 11.2. The largest absolute Gasteiger partial charge is 0.384 e. The first-order chi connectivity index (χ1) is 9.81. The molecule has 0 fully saturated rings. The number of imidazole rings is 1. The molecule has 6 nitrogen and oxygen atoms in total. The molecule has 0 aliphatic carbocycles. The summed E-state index contributed by atoms with van der Waals surface area (Å²) >= 11 is 0. The van der Waals surface area contributed by atoms with E-state index in [1.807, 2.05) is 6.07 Å². The maximum atomic E-state index is 5.84. The monoisotopic (exact) mass is 266 g/mol. The Morgan fingerprint density at radius 3 is 3.00 bits per heavy atom. The summed E-state index contributed by atoms with van der Waals surface area (Å²) in [5.41, 5.74) is 9.71. The summed E-state index contributed by atoms with van der Waals surface area (Å²) in [6.07, 6.45) is 2.40. The molecule has 0 saturated heterocycles. The normalized spacial score (nSPS) is 17.7. The Morgan fingerprint density at radius 2 is 2.10 bits per heavy atom. The maximum absolute atomic E-state index is 5.84. The summed E-state index contributed by atoms with van der Waals surface area (Å²) < 4.78 is 0. The molecule has 4 N–H and O–H groups in total. The lowest BCUT2D eigenvalue weighted by atomic mass is 9.93. The van der Waals surface area contributed by atoms with Crippen molar-refractivity contribution < 1.29 is 0 Å². The third kappa shape index (κ3) is 1.69. The number of aromatic amines is 1. The number of nitrogen functional groups attached to an aromatic ring is 1. The Bertz CT molecular complexity index is 778. The fraction of sp³-hybridized carbons (Fsp3) is 0.214. The van der Waals surface area contributed by atoms with Crippen LogP contribution in [0.5, 0.6) is 0 Å². The summed E-state index contributed by atoms with van der Waals surface area (Å²) in [5.74, 6) is 1.64. The highest BCUT2D eigenvalue weighted by Gasteiger charge is 2.22. The first-order valence-electron chi connectivity index (χ1n) is 6.59. The highest BCUT2D eigenvalue weighted by Crippen LogP contribution is 2.30. The number of hydrogen-bond acceptors (Lipinski definition) is 5. The summed E-state index contributed by atoms with van der Waals surface area (Å²) in [5, 5.41) is 3.44. The van der Waals surface area contributed by atoms with Crippen LogP contribution in [0.15, 0.2) is 30.6 Å². The molecule has 3 heterocycles. The number of para-hydroxylation sites is 1. The number of anilines is 2. The van der Waals surface area contributed by atoms with E-state index < -0.39 is 0 Å². The van der Waals surface area contributed by atoms with Crippen molar-refractivity contribution in [3.63, 3.8) is 0 Å². The third-order valence-corrected chi connectivity index (χ3v) is 3.75. The van der Waals surface area contributed by atoms with Crippen LogP contribution in [-0.2, 0) is 6.42 Å². The molecule has 100 valence electrons. The van der Waals surface area contributed by atoms with Crippen molar-refractivity contribution >= 4 is 22.7 Å². The van der Waals surface area contributed by atoms with Crippen molar-refractivity contribution in [1.82, 2.24) is 19.9 Å². The molecule has 1 unspecified atom stereocenters. The van der Waals surface area contributed by atoms with Crippen LogP contribution in [0.2, 0.25) is 0 Å². The number of nitrogens with one attached hydrogen (secondary N) is 2. The second-order valence-corrected chi connectivity index (χ2v) is 5.02. The van der Waals surface area contributed by atoms with E-state index >= 15 is 0 Å². The van der Waals surface area contributed by atoms with Gasteiger partial charge in [-0.15, -0.1) is 0 Å². The minimum atomic E-state index is 0.290. The number of nitrogens with zero attached hydrogens (tertiary/aromatic N) is 3. The molecular formula is C14H14N6. The van der Waals surface area contributed by atoms with Crippen LogP contribution in [0.1, 0.15) is 17.3 Å². The van der Waals surface area contributed by atoms with Gasteiger partial charge in [0.05, 0.1) is 0 Å². The van der Waals surface area contributed by atoms with Crippen molar-refractivity contribution in [2.24, 2.45) is 0 Å². The molecule has 0 bridgehead atoms. The lowest BCUT2D eigenvalue weighted by molar-refractivity contribution is 0.659. The van der Waals surface area contributed by atoms with Gasteiger partial charge in [0.15, 0.2) is 11.5 Å². The quantitative estimate of drug-likeness (QED) is 0.623. The van der Waals surface area contributed by atoms with Crippen molar-refractivity contribution in [1.29, 1.82) is 0 Å². The fourth-order valence-corrected chi connectivity index (χ4v) is 2.69. The molecule has 6 heteroatoms. The third-order valence-electron chi connectivity index (χ3n) is 3.75. The van der Waals surface area contributed by atoms with E-state index in [2.05, 4.69) is 43.5 Å². The van der Waals surface area contributed by atoms with Crippen LogP contribution in [0.4, 0.5) is 11.5 Å². The smallest absolute Gasteiger partial charge is 0.183 e. The van der Waals surface area contributed by atoms with Crippen molar-refractivity contribution in [3.05, 3.63) is 42.0 Å². The van der Waals surface area contributed by atoms with Crippen molar-refractivity contribution in [2.45, 2.75) is 12.3 Å². The number of H-pyrrole nitrogens is 1. The lowest BCUT2D eigenvalue weighted by Gasteiger charge is -2.24. The zero-order valence-electron chi connectivity index (χ0n) is 10.8. The van der Waals surface area contributed by atoms with Gasteiger partial charge in [0, 0.05) is 18.2 Å². The minimum absolute atomic E-state index is 0.290. The number of hydrogen-bond donors (Lipinski definition) is 3. The molecule has 0 radical (unpaired) electrons. The van der Waals surface area contributed by atoms with Crippen LogP contribution in [-0.4, -0.2) is 26.5 Å². The van der Waals surface area contributed by atoms with Crippen LogP contribution in [0.3, 0.4) is 0 Å². The van der Waals surface area contributed by atoms with Crippen LogP contribution in [0.25, 0.3) is 11.2 Å². The van der Waals surface area contributed by atoms with Gasteiger partial charge in [-0.25, -0.2) is 15.0 Å². The van der Waals surface area contributed by atoms with Crippen molar-refractivity contribution in [3.8, 4) is 0 Å². The van der Waals surface area contributed by atoms with E-state index in [0.29, 0.717) is 17.4 Å². The summed E-state index contributed by atoms with van der Waals surface area (Å²) in [6, 6.07) is 8.35. The predicted octanol–water partition coefficient (Wildman–Crippen LogP) is 1.69. The van der Waals surface area contributed by atoms with E-state index in [1.54, 1.807) is 0 Å². The van der Waals surface area contributed by atoms with E-state index in [1.165, 1.54) is 17.6 Å². The Hall–Kier alpha value is -2.63. The standard InChI is InChI=1S/C14H14N6/c15-12-11-14(18-7-17-12)20-13(19-11)9-5-8-3-1-2-4-10(8)16-6-9/h1-4,7,9,16H,5-6H2,(H3,15,17,18,19,20). The maximum Gasteiger partial charge on any atom is 0.183 e. The molecule has 0 amide bonds. The second-order valence-electron chi connectivity index (χ2n) is 5.02. The Morgan fingerprint density at radius 1 is 1.20 bits per heavy atom. The highest BCUT2D eigenvalue weighted by atomic mass is 15.1. The van der Waals surface area contributed by atoms with Gasteiger partial charge in [-0.1, -0.05) is 18.2 Å². The Labute approximate surface area is 115 Å². The molecule has 1 atom stereocenters. The minimum Gasteiger partial charge on any atom is -0.384 e. The average molecular weight is 266 g/mol.